The Morgan fingerprint density at radius 1 is 1.47 bits per heavy atom. The van der Waals surface area contributed by atoms with Crippen molar-refractivity contribution in [3.05, 3.63) is 35.4 Å². The van der Waals surface area contributed by atoms with E-state index < -0.39 is 5.97 Å². The van der Waals surface area contributed by atoms with E-state index in [1.807, 2.05) is 13.0 Å². The van der Waals surface area contributed by atoms with Crippen molar-refractivity contribution in [3.8, 4) is 5.75 Å². The first-order valence-electron chi connectivity index (χ1n) is 4.69. The Morgan fingerprint density at radius 2 is 2.13 bits per heavy atom. The quantitative estimate of drug-likeness (QED) is 0.799. The Hall–Kier alpha value is -1.77. The van der Waals surface area contributed by atoms with E-state index in [0.717, 1.165) is 11.1 Å². The summed E-state index contributed by atoms with van der Waals surface area (Å²) in [6.07, 6.45) is 1.56. The fraction of sp³-hybridized carbons (Fsp3) is 0.250. The maximum Gasteiger partial charge on any atom is 0.307 e. The zero-order chi connectivity index (χ0) is 11.4. The van der Waals surface area contributed by atoms with Gasteiger partial charge in [0, 0.05) is 5.56 Å². The van der Waals surface area contributed by atoms with Crippen LogP contribution in [0.3, 0.4) is 0 Å². The van der Waals surface area contributed by atoms with Gasteiger partial charge in [-0.05, 0) is 31.1 Å². The van der Waals surface area contributed by atoms with Crippen molar-refractivity contribution in [1.29, 1.82) is 0 Å². The highest BCUT2D eigenvalue weighted by molar-refractivity contribution is 5.75. The van der Waals surface area contributed by atoms with Crippen LogP contribution in [0.15, 0.2) is 24.3 Å². The molecule has 1 aromatic carbocycles. The minimum atomic E-state index is -0.874. The van der Waals surface area contributed by atoms with Crippen LogP contribution < -0.4 is 0 Å². The summed E-state index contributed by atoms with van der Waals surface area (Å²) in [6.45, 7) is 3.67. The number of phenolic OH excluding ortho intramolecular Hbond substituents is 1. The first-order chi connectivity index (χ1) is 7.00. The van der Waals surface area contributed by atoms with Gasteiger partial charge in [-0.3, -0.25) is 4.79 Å². The normalized spacial score (nSPS) is 11.5. The first-order valence-corrected chi connectivity index (χ1v) is 4.69. The van der Waals surface area contributed by atoms with Gasteiger partial charge >= 0.3 is 5.97 Å². The molecule has 0 spiro atoms. The van der Waals surface area contributed by atoms with E-state index in [9.17, 15) is 9.90 Å². The monoisotopic (exact) mass is 206 g/mol. The lowest BCUT2D eigenvalue weighted by molar-refractivity contribution is -0.135. The largest absolute Gasteiger partial charge is 0.507 e. The smallest absolute Gasteiger partial charge is 0.307 e. The molecule has 0 aliphatic heterocycles. The number of carboxylic acid groups (broad SMARTS) is 1. The van der Waals surface area contributed by atoms with Crippen molar-refractivity contribution < 1.29 is 15.0 Å². The van der Waals surface area contributed by atoms with E-state index in [4.69, 9.17) is 5.11 Å². The van der Waals surface area contributed by atoms with E-state index >= 15 is 0 Å². The van der Waals surface area contributed by atoms with Crippen molar-refractivity contribution >= 4 is 11.5 Å². The summed E-state index contributed by atoms with van der Waals surface area (Å²) in [4.78, 5) is 10.4. The lowest BCUT2D eigenvalue weighted by Crippen LogP contribution is -1.91. The molecule has 3 heteroatoms. The third kappa shape index (κ3) is 3.13. The Balaban J connectivity index is 2.95. The molecule has 1 aromatic rings. The predicted molar refractivity (Wildman–Crippen MR) is 58.7 cm³/mol. The molecule has 0 heterocycles. The van der Waals surface area contributed by atoms with Crippen molar-refractivity contribution in [1.82, 2.24) is 0 Å². The molecule has 0 aliphatic rings. The van der Waals surface area contributed by atoms with E-state index in [2.05, 4.69) is 0 Å². The number of benzene rings is 1. The van der Waals surface area contributed by atoms with Crippen LogP contribution in [0.1, 0.15) is 24.5 Å². The van der Waals surface area contributed by atoms with Gasteiger partial charge in [0.25, 0.3) is 0 Å². The standard InChI is InChI=1S/C12H14O3/c1-8-3-5-10(11(13)7-8)9(2)4-6-12(14)15/h3-5,7,13H,6H2,1-2H3,(H,14,15)/b9-4+. The molecular weight excluding hydrogens is 192 g/mol. The number of rotatable bonds is 3. The highest BCUT2D eigenvalue weighted by Gasteiger charge is 2.03. The van der Waals surface area contributed by atoms with Gasteiger partial charge in [-0.25, -0.2) is 0 Å². The SMILES string of the molecule is C/C(=C\CC(=O)O)c1ccc(C)cc1O. The fourth-order valence-electron chi connectivity index (χ4n) is 1.33. The molecule has 15 heavy (non-hydrogen) atoms. The Morgan fingerprint density at radius 3 is 2.67 bits per heavy atom. The van der Waals surface area contributed by atoms with Crippen molar-refractivity contribution in [2.45, 2.75) is 20.3 Å². The number of aliphatic carboxylic acids is 1. The molecule has 0 saturated heterocycles. The van der Waals surface area contributed by atoms with Crippen LogP contribution in [0.25, 0.3) is 5.57 Å². The van der Waals surface area contributed by atoms with Gasteiger partial charge in [0.1, 0.15) is 5.75 Å². The van der Waals surface area contributed by atoms with Gasteiger partial charge in [0.2, 0.25) is 0 Å². The van der Waals surface area contributed by atoms with E-state index in [1.165, 1.54) is 0 Å². The van der Waals surface area contributed by atoms with Crippen LogP contribution in [0.5, 0.6) is 5.75 Å². The van der Waals surface area contributed by atoms with Crippen LogP contribution in [0.2, 0.25) is 0 Å². The topological polar surface area (TPSA) is 57.5 Å². The van der Waals surface area contributed by atoms with Crippen LogP contribution in [-0.2, 0) is 4.79 Å². The minimum absolute atomic E-state index is 0.0286. The summed E-state index contributed by atoms with van der Waals surface area (Å²) in [7, 11) is 0. The number of aryl methyl sites for hydroxylation is 1. The molecule has 0 bridgehead atoms. The van der Waals surface area contributed by atoms with E-state index in [1.54, 1.807) is 25.1 Å². The zero-order valence-electron chi connectivity index (χ0n) is 8.82. The number of allylic oxidation sites excluding steroid dienone is 1. The second-order valence-corrected chi connectivity index (χ2v) is 3.51. The molecule has 0 unspecified atom stereocenters. The molecule has 0 saturated carbocycles. The molecule has 1 rings (SSSR count). The summed E-state index contributed by atoms with van der Waals surface area (Å²) in [5, 5.41) is 18.2. The Kier molecular flexibility index (Phi) is 3.50. The number of phenols is 1. The summed E-state index contributed by atoms with van der Waals surface area (Å²) in [5.74, 6) is -0.685. The number of carbonyl (C=O) groups is 1. The van der Waals surface area contributed by atoms with Crippen molar-refractivity contribution in [2.75, 3.05) is 0 Å². The number of aromatic hydroxyl groups is 1. The van der Waals surface area contributed by atoms with Gasteiger partial charge in [-0.2, -0.15) is 0 Å². The summed E-state index contributed by atoms with van der Waals surface area (Å²) >= 11 is 0. The molecule has 0 radical (unpaired) electrons. The van der Waals surface area contributed by atoms with Crippen LogP contribution in [0, 0.1) is 6.92 Å². The maximum atomic E-state index is 10.4. The lowest BCUT2D eigenvalue weighted by atomic mass is 10.0. The zero-order valence-corrected chi connectivity index (χ0v) is 8.82. The molecule has 0 aromatic heterocycles. The van der Waals surface area contributed by atoms with E-state index in [-0.39, 0.29) is 12.2 Å². The fourth-order valence-corrected chi connectivity index (χ4v) is 1.33. The van der Waals surface area contributed by atoms with Gasteiger partial charge in [0.15, 0.2) is 0 Å². The second kappa shape index (κ2) is 4.64. The summed E-state index contributed by atoms with van der Waals surface area (Å²) in [5.41, 5.74) is 2.43. The lowest BCUT2D eigenvalue weighted by Gasteiger charge is -2.05. The summed E-state index contributed by atoms with van der Waals surface area (Å²) in [6, 6.07) is 5.33. The highest BCUT2D eigenvalue weighted by atomic mass is 16.4. The third-order valence-corrected chi connectivity index (χ3v) is 2.16. The average Bonchev–Trinajstić information content (AvgIpc) is 2.14. The maximum absolute atomic E-state index is 10.4. The van der Waals surface area contributed by atoms with Gasteiger partial charge in [0.05, 0.1) is 6.42 Å². The van der Waals surface area contributed by atoms with Crippen LogP contribution in [0.4, 0.5) is 0 Å². The van der Waals surface area contributed by atoms with E-state index in [0.29, 0.717) is 5.56 Å². The Bertz CT molecular complexity index is 405. The average molecular weight is 206 g/mol. The van der Waals surface area contributed by atoms with Crippen molar-refractivity contribution in [2.24, 2.45) is 0 Å². The molecular formula is C12H14O3. The molecule has 3 nitrogen and oxygen atoms in total. The molecule has 0 aliphatic carbocycles. The third-order valence-electron chi connectivity index (χ3n) is 2.16. The second-order valence-electron chi connectivity index (χ2n) is 3.51. The number of hydrogen-bond acceptors (Lipinski definition) is 2. The molecule has 2 N–H and O–H groups in total. The molecule has 0 fully saturated rings. The Labute approximate surface area is 88.7 Å². The van der Waals surface area contributed by atoms with Gasteiger partial charge < -0.3 is 10.2 Å². The molecule has 0 atom stereocenters. The molecule has 0 amide bonds. The van der Waals surface area contributed by atoms with Crippen LogP contribution in [-0.4, -0.2) is 16.2 Å². The molecule has 80 valence electrons. The number of carboxylic acids is 1. The van der Waals surface area contributed by atoms with Crippen LogP contribution >= 0.6 is 0 Å². The first kappa shape index (κ1) is 11.3. The summed E-state index contributed by atoms with van der Waals surface area (Å²) < 4.78 is 0. The van der Waals surface area contributed by atoms with Crippen molar-refractivity contribution in [3.63, 3.8) is 0 Å². The predicted octanol–water partition coefficient (Wildman–Crippen LogP) is 2.58. The number of hydrogen-bond donors (Lipinski definition) is 2. The van der Waals surface area contributed by atoms with Gasteiger partial charge in [-0.15, -0.1) is 0 Å². The van der Waals surface area contributed by atoms with Gasteiger partial charge in [-0.1, -0.05) is 18.2 Å². The minimum Gasteiger partial charge on any atom is -0.507 e. The highest BCUT2D eigenvalue weighted by Crippen LogP contribution is 2.25.